The zero-order valence-corrected chi connectivity index (χ0v) is 14.8. The lowest BCUT2D eigenvalue weighted by atomic mass is 10.1. The van der Waals surface area contributed by atoms with Crippen LogP contribution < -0.4 is 5.32 Å². The van der Waals surface area contributed by atoms with Gasteiger partial charge in [0.1, 0.15) is 5.82 Å². The summed E-state index contributed by atoms with van der Waals surface area (Å²) in [4.78, 5) is 25.8. The molecule has 0 heterocycles. The van der Waals surface area contributed by atoms with E-state index in [0.29, 0.717) is 6.42 Å². The number of rotatable bonds is 6. The normalized spacial score (nSPS) is 10.4. The van der Waals surface area contributed by atoms with Gasteiger partial charge in [-0.3, -0.25) is 9.59 Å². The number of halogens is 1. The average Bonchev–Trinajstić information content (AvgIpc) is 2.57. The molecule has 25 heavy (non-hydrogen) atoms. The van der Waals surface area contributed by atoms with Crippen molar-refractivity contribution < 1.29 is 14.0 Å². The van der Waals surface area contributed by atoms with E-state index < -0.39 is 0 Å². The smallest absolute Gasteiger partial charge is 0.243 e. The highest BCUT2D eigenvalue weighted by Crippen LogP contribution is 2.19. The molecule has 0 radical (unpaired) electrons. The van der Waals surface area contributed by atoms with Gasteiger partial charge in [0.2, 0.25) is 11.8 Å². The van der Waals surface area contributed by atoms with Crippen LogP contribution in [0.5, 0.6) is 0 Å². The summed E-state index contributed by atoms with van der Waals surface area (Å²) in [6.45, 7) is 3.86. The Morgan fingerprint density at radius 2 is 1.64 bits per heavy atom. The fourth-order valence-electron chi connectivity index (χ4n) is 2.59. The zero-order valence-electron chi connectivity index (χ0n) is 14.8. The highest BCUT2D eigenvalue weighted by atomic mass is 19.1. The van der Waals surface area contributed by atoms with E-state index in [1.807, 2.05) is 32.0 Å². The maximum absolute atomic E-state index is 12.9. The van der Waals surface area contributed by atoms with E-state index in [2.05, 4.69) is 5.32 Å². The third-order valence-corrected chi connectivity index (χ3v) is 4.09. The van der Waals surface area contributed by atoms with Crippen LogP contribution in [0.2, 0.25) is 0 Å². The SMILES string of the molecule is Cc1cccc(C)c1NC(=O)CN(C)C(=O)CCc1ccc(F)cc1. The van der Waals surface area contributed by atoms with E-state index >= 15 is 0 Å². The number of hydrogen-bond donors (Lipinski definition) is 1. The number of carbonyl (C=O) groups is 2. The Morgan fingerprint density at radius 3 is 2.24 bits per heavy atom. The first-order valence-electron chi connectivity index (χ1n) is 8.21. The average molecular weight is 342 g/mol. The van der Waals surface area contributed by atoms with Crippen molar-refractivity contribution in [3.05, 3.63) is 65.0 Å². The topological polar surface area (TPSA) is 49.4 Å². The first-order valence-corrected chi connectivity index (χ1v) is 8.21. The van der Waals surface area contributed by atoms with Crippen LogP contribution >= 0.6 is 0 Å². The molecule has 0 aliphatic carbocycles. The molecule has 0 aliphatic rings. The summed E-state index contributed by atoms with van der Waals surface area (Å²) in [5.74, 6) is -0.647. The van der Waals surface area contributed by atoms with Gasteiger partial charge in [-0.1, -0.05) is 30.3 Å². The first kappa shape index (κ1) is 18.6. The van der Waals surface area contributed by atoms with Crippen molar-refractivity contribution in [1.29, 1.82) is 0 Å². The molecule has 2 aromatic carbocycles. The Balaban J connectivity index is 1.85. The number of amides is 2. The summed E-state index contributed by atoms with van der Waals surface area (Å²) in [6.07, 6.45) is 0.792. The molecule has 0 unspecified atom stereocenters. The van der Waals surface area contributed by atoms with E-state index in [1.54, 1.807) is 19.2 Å². The monoisotopic (exact) mass is 342 g/mol. The third kappa shape index (κ3) is 5.41. The molecule has 132 valence electrons. The second-order valence-electron chi connectivity index (χ2n) is 6.19. The van der Waals surface area contributed by atoms with Gasteiger partial charge in [-0.25, -0.2) is 4.39 Å². The maximum atomic E-state index is 12.9. The van der Waals surface area contributed by atoms with Gasteiger partial charge in [0.15, 0.2) is 0 Å². The molecule has 0 fully saturated rings. The lowest BCUT2D eigenvalue weighted by molar-refractivity contribution is -0.133. The quantitative estimate of drug-likeness (QED) is 0.874. The Hall–Kier alpha value is -2.69. The highest BCUT2D eigenvalue weighted by molar-refractivity contribution is 5.95. The highest BCUT2D eigenvalue weighted by Gasteiger charge is 2.14. The zero-order chi connectivity index (χ0) is 18.4. The number of benzene rings is 2. The Kier molecular flexibility index (Phi) is 6.28. The molecular weight excluding hydrogens is 319 g/mol. The maximum Gasteiger partial charge on any atom is 0.243 e. The molecule has 2 aromatic rings. The molecule has 0 aromatic heterocycles. The number of hydrogen-bond acceptors (Lipinski definition) is 2. The summed E-state index contributed by atoms with van der Waals surface area (Å²) < 4.78 is 12.9. The Bertz CT molecular complexity index is 737. The van der Waals surface area contributed by atoms with Crippen LogP contribution in [0.25, 0.3) is 0 Å². The molecule has 0 aliphatic heterocycles. The van der Waals surface area contributed by atoms with Crippen LogP contribution in [-0.4, -0.2) is 30.3 Å². The fourth-order valence-corrected chi connectivity index (χ4v) is 2.59. The number of anilines is 1. The predicted molar refractivity (Wildman–Crippen MR) is 96.9 cm³/mol. The number of nitrogens with one attached hydrogen (secondary N) is 1. The van der Waals surface area contributed by atoms with E-state index in [9.17, 15) is 14.0 Å². The standard InChI is InChI=1S/C20H23FN2O2/c1-14-5-4-6-15(2)20(14)22-18(24)13-23(3)19(25)12-9-16-7-10-17(21)11-8-16/h4-8,10-11H,9,12-13H2,1-3H3,(H,22,24). The summed E-state index contributed by atoms with van der Waals surface area (Å²) in [5.41, 5.74) is 3.65. The number of nitrogens with zero attached hydrogens (tertiary/aromatic N) is 1. The molecule has 0 spiro atoms. The van der Waals surface area contributed by atoms with Crippen molar-refractivity contribution in [1.82, 2.24) is 4.90 Å². The molecule has 0 saturated carbocycles. The van der Waals surface area contributed by atoms with E-state index in [0.717, 1.165) is 22.4 Å². The summed E-state index contributed by atoms with van der Waals surface area (Å²) in [7, 11) is 1.61. The van der Waals surface area contributed by atoms with Gasteiger partial charge < -0.3 is 10.2 Å². The molecule has 2 rings (SSSR count). The third-order valence-electron chi connectivity index (χ3n) is 4.09. The van der Waals surface area contributed by atoms with Crippen LogP contribution in [0.1, 0.15) is 23.1 Å². The predicted octanol–water partition coefficient (Wildman–Crippen LogP) is 3.47. The summed E-state index contributed by atoms with van der Waals surface area (Å²) in [5, 5.41) is 2.87. The van der Waals surface area contributed by atoms with E-state index in [-0.39, 0.29) is 30.6 Å². The molecule has 0 saturated heterocycles. The van der Waals surface area contributed by atoms with Crippen LogP contribution in [-0.2, 0) is 16.0 Å². The van der Waals surface area contributed by atoms with Crippen LogP contribution in [0.3, 0.4) is 0 Å². The van der Waals surface area contributed by atoms with Gasteiger partial charge in [0.25, 0.3) is 0 Å². The minimum Gasteiger partial charge on any atom is -0.336 e. The van der Waals surface area contributed by atoms with E-state index in [1.165, 1.54) is 17.0 Å². The molecule has 1 N–H and O–H groups in total. The fraction of sp³-hybridized carbons (Fsp3) is 0.300. The summed E-state index contributed by atoms with van der Waals surface area (Å²) in [6, 6.07) is 11.9. The van der Waals surface area contributed by atoms with Crippen molar-refractivity contribution in [2.45, 2.75) is 26.7 Å². The number of carbonyl (C=O) groups excluding carboxylic acids is 2. The van der Waals surface area contributed by atoms with Crippen molar-refractivity contribution >= 4 is 17.5 Å². The number of likely N-dealkylation sites (N-methyl/N-ethyl adjacent to an activating group) is 1. The number of aryl methyl sites for hydroxylation is 3. The van der Waals surface area contributed by atoms with Gasteiger partial charge >= 0.3 is 0 Å². The van der Waals surface area contributed by atoms with Crippen LogP contribution in [0, 0.1) is 19.7 Å². The Labute approximate surface area is 147 Å². The first-order chi connectivity index (χ1) is 11.9. The molecule has 4 nitrogen and oxygen atoms in total. The molecule has 0 atom stereocenters. The van der Waals surface area contributed by atoms with Crippen molar-refractivity contribution in [2.75, 3.05) is 18.9 Å². The van der Waals surface area contributed by atoms with Gasteiger partial charge in [-0.05, 0) is 49.1 Å². The van der Waals surface area contributed by atoms with Crippen LogP contribution in [0.4, 0.5) is 10.1 Å². The molecule has 0 bridgehead atoms. The van der Waals surface area contributed by atoms with Crippen molar-refractivity contribution in [2.24, 2.45) is 0 Å². The number of para-hydroxylation sites is 1. The second-order valence-corrected chi connectivity index (χ2v) is 6.19. The van der Waals surface area contributed by atoms with Gasteiger partial charge in [-0.2, -0.15) is 0 Å². The minimum absolute atomic E-state index is 0.00394. The van der Waals surface area contributed by atoms with Gasteiger partial charge in [-0.15, -0.1) is 0 Å². The molecular formula is C20H23FN2O2. The van der Waals surface area contributed by atoms with Gasteiger partial charge in [0.05, 0.1) is 6.54 Å². The molecule has 2 amide bonds. The van der Waals surface area contributed by atoms with Crippen molar-refractivity contribution in [3.63, 3.8) is 0 Å². The minimum atomic E-state index is -0.296. The van der Waals surface area contributed by atoms with Crippen LogP contribution in [0.15, 0.2) is 42.5 Å². The lowest BCUT2D eigenvalue weighted by Crippen LogP contribution is -2.35. The van der Waals surface area contributed by atoms with E-state index in [4.69, 9.17) is 0 Å². The largest absolute Gasteiger partial charge is 0.336 e. The summed E-state index contributed by atoms with van der Waals surface area (Å²) >= 11 is 0. The molecule has 5 heteroatoms. The Morgan fingerprint density at radius 1 is 1.04 bits per heavy atom. The van der Waals surface area contributed by atoms with Gasteiger partial charge in [0, 0.05) is 19.2 Å². The van der Waals surface area contributed by atoms with Crippen molar-refractivity contribution in [3.8, 4) is 0 Å². The second kappa shape index (κ2) is 8.42. The lowest BCUT2D eigenvalue weighted by Gasteiger charge is -2.18.